The summed E-state index contributed by atoms with van der Waals surface area (Å²) in [4.78, 5) is 88.8. The van der Waals surface area contributed by atoms with Crippen LogP contribution in [0.1, 0.15) is 137 Å². The molecule has 3 fully saturated rings. The Morgan fingerprint density at radius 2 is 0.774 bits per heavy atom. The number of anilines is 16. The van der Waals surface area contributed by atoms with Gasteiger partial charge in [-0.15, -0.1) is 0 Å². The maximum Gasteiger partial charge on any atom is 0.218 e. The minimum atomic E-state index is -3.56. The SMILES string of the molecule is CCC(=O)c1cnc(Nc2ccc(C(C)(C)C)c(F)n2)cc1Nc1ncccc1S(C)(=O)=O.CS(=O)(=O)c1cccnc1Nc1cc(Nc2cccc(C#N)n2)ncc1C(=O)C1CC1.Cc1cc(Nc2cc(Nc3ccccc3S(C)(=O)=O)c(C(=O)C3CC3)cn2)nn1C.Cc1cc(Nc2cc(Nc3ncccc3S(C)(=O)=O)c(C(=O)C3CC3)cn2)nn1C. The predicted molar refractivity (Wildman–Crippen MR) is 468 cm³/mol. The molecule has 0 unspecified atom stereocenters. The Morgan fingerprint density at radius 3 is 1.12 bits per heavy atom. The standard InChI is InChI=1S/C23H26FN5O3S.C21H18N6O3S.C21H23N5O3S.C20H22N6O3S/c1-6-17(30)14-13-26-20(28-19-10-9-15(21(24)29-19)23(2,3)4)12-16(14)27-22-18(33(5,31)32)8-7-11-25-22;1-31(29,30)17-5-3-9-23-21(17)26-16-10-19(24-12-15(16)20(28)13-7-8-13)27-18-6-2-4-14(11-22)25-18;1-13-10-20(25-26(13)2)24-19-11-17(15(12-22-19)21(27)14-8-9-14)23-16-6-4-5-7-18(16)30(3,28)29;1-12-9-18(25-26(12)2)24-17-10-15(14(11-22-17)19(27)13-6-7-13)23-20-16(30(3,28)29)5-4-8-21-20/h7-13H,6H2,1-5H3,(H2,25,26,27,28,29);2-6,9-10,12-13H,7-8H2,1H3,(H2,23,24,25,26,27);4-7,10-12,14H,8-9H2,1-3H3,(H2,22,23,24,25);4-5,8-11,13H,6-7H2,1-3H3,(H2,21,22,23,24,25). The zero-order valence-electron chi connectivity index (χ0n) is 69.5. The van der Waals surface area contributed by atoms with Gasteiger partial charge in [0.1, 0.15) is 78.8 Å². The second-order valence-electron chi connectivity index (χ2n) is 30.7. The number of nitriles is 1. The molecule has 34 nitrogen and oxygen atoms in total. The van der Waals surface area contributed by atoms with E-state index in [1.807, 2.05) is 66.9 Å². The lowest BCUT2D eigenvalue weighted by Gasteiger charge is -2.19. The van der Waals surface area contributed by atoms with Gasteiger partial charge in [0.25, 0.3) is 0 Å². The number of carbonyl (C=O) groups is 4. The van der Waals surface area contributed by atoms with Gasteiger partial charge in [-0.05, 0) is 125 Å². The molecule has 3 aliphatic carbocycles. The highest BCUT2D eigenvalue weighted by atomic mass is 32.2. The molecule has 1 aromatic carbocycles. The highest BCUT2D eigenvalue weighted by Gasteiger charge is 2.36. The molecule has 3 saturated carbocycles. The van der Waals surface area contributed by atoms with Crippen molar-refractivity contribution < 1.29 is 57.2 Å². The first-order valence-electron chi connectivity index (χ1n) is 38.8. The first kappa shape index (κ1) is 89.5. The summed E-state index contributed by atoms with van der Waals surface area (Å²) in [5.74, 6) is 3.02. The molecule has 0 spiro atoms. The van der Waals surface area contributed by atoms with Gasteiger partial charge in [-0.3, -0.25) is 28.5 Å². The van der Waals surface area contributed by atoms with Crippen LogP contribution in [0.5, 0.6) is 0 Å². The third kappa shape index (κ3) is 23.1. The number of sulfone groups is 4. The average Bonchev–Trinajstić information content (AvgIpc) is 1.74. The van der Waals surface area contributed by atoms with Gasteiger partial charge in [-0.1, -0.05) is 52.0 Å². The summed E-state index contributed by atoms with van der Waals surface area (Å²) in [6.45, 7) is 11.3. The van der Waals surface area contributed by atoms with E-state index in [0.29, 0.717) is 85.6 Å². The topological polar surface area (TPSA) is 477 Å². The zero-order chi connectivity index (χ0) is 89.3. The van der Waals surface area contributed by atoms with Crippen molar-refractivity contribution in [3.63, 3.8) is 0 Å². The van der Waals surface area contributed by atoms with Crippen LogP contribution in [0.15, 0.2) is 190 Å². The maximum absolute atomic E-state index is 14.5. The fourth-order valence-corrected chi connectivity index (χ4v) is 15.6. The lowest BCUT2D eigenvalue weighted by Crippen LogP contribution is -2.15. The summed E-state index contributed by atoms with van der Waals surface area (Å²) < 4.78 is 115. The lowest BCUT2D eigenvalue weighted by atomic mass is 9.88. The Kier molecular flexibility index (Phi) is 27.0. The number of carbonyl (C=O) groups excluding carboxylic acids is 4. The molecule has 15 rings (SSSR count). The van der Waals surface area contributed by atoms with E-state index in [2.05, 4.69) is 97.6 Å². The Morgan fingerprint density at radius 1 is 0.419 bits per heavy atom. The highest BCUT2D eigenvalue weighted by Crippen LogP contribution is 2.41. The van der Waals surface area contributed by atoms with Gasteiger partial charge in [0.15, 0.2) is 74.1 Å². The van der Waals surface area contributed by atoms with Crippen molar-refractivity contribution in [1.82, 2.24) is 64.4 Å². The number of rotatable bonds is 28. The van der Waals surface area contributed by atoms with Gasteiger partial charge >= 0.3 is 0 Å². The molecule has 3 aliphatic rings. The molecule has 39 heteroatoms. The molecular weight excluding hydrogens is 1670 g/mol. The van der Waals surface area contributed by atoms with Gasteiger partial charge < -0.3 is 42.5 Å². The average molecular weight is 1760 g/mol. The van der Waals surface area contributed by atoms with Crippen LogP contribution >= 0.6 is 0 Å². The minimum absolute atomic E-state index is 0.00674. The Labute approximate surface area is 716 Å². The van der Waals surface area contributed by atoms with E-state index in [9.17, 15) is 57.2 Å². The molecule has 11 aromatic heterocycles. The van der Waals surface area contributed by atoms with Crippen LogP contribution in [0.25, 0.3) is 0 Å². The van der Waals surface area contributed by atoms with Crippen molar-refractivity contribution in [3.8, 4) is 6.07 Å². The van der Waals surface area contributed by atoms with Crippen LogP contribution < -0.4 is 42.5 Å². The second-order valence-corrected chi connectivity index (χ2v) is 38.6. The molecule has 0 saturated heterocycles. The number of para-hydroxylation sites is 1. The Hall–Kier alpha value is -13.7. The smallest absolute Gasteiger partial charge is 0.218 e. The molecule has 124 heavy (non-hydrogen) atoms. The molecule has 0 radical (unpaired) electrons. The fraction of sp³-hybridized carbons (Fsp3) is 0.271. The fourth-order valence-electron chi connectivity index (χ4n) is 12.4. The van der Waals surface area contributed by atoms with Crippen LogP contribution in [0.3, 0.4) is 0 Å². The second kappa shape index (κ2) is 37.3. The van der Waals surface area contributed by atoms with Crippen LogP contribution in [0.2, 0.25) is 0 Å². The van der Waals surface area contributed by atoms with E-state index >= 15 is 0 Å². The highest BCUT2D eigenvalue weighted by molar-refractivity contribution is 7.91. The molecule has 642 valence electrons. The van der Waals surface area contributed by atoms with E-state index in [1.54, 1.807) is 89.1 Å². The van der Waals surface area contributed by atoms with Crippen LogP contribution in [0, 0.1) is 48.9 Å². The van der Waals surface area contributed by atoms with Crippen molar-refractivity contribution in [3.05, 3.63) is 222 Å². The summed E-state index contributed by atoms with van der Waals surface area (Å²) in [5.41, 5.74) is 5.84. The number of ketones is 4. The molecule has 0 bridgehead atoms. The van der Waals surface area contributed by atoms with Crippen LogP contribution in [-0.4, -0.2) is 146 Å². The predicted octanol–water partition coefficient (Wildman–Crippen LogP) is 14.6. The van der Waals surface area contributed by atoms with E-state index in [-0.39, 0.29) is 107 Å². The normalized spacial score (nSPS) is 13.2. The summed E-state index contributed by atoms with van der Waals surface area (Å²) in [6.07, 6.45) is 20.0. The molecular formula is C85H89FN22O12S4. The molecule has 8 N–H and O–H groups in total. The summed E-state index contributed by atoms with van der Waals surface area (Å²) in [6, 6.07) is 36.1. The van der Waals surface area contributed by atoms with Crippen molar-refractivity contribution in [1.29, 1.82) is 5.26 Å². The molecule has 0 aliphatic heterocycles. The Balaban J connectivity index is 0.000000151. The zero-order valence-corrected chi connectivity index (χ0v) is 72.8. The van der Waals surface area contributed by atoms with E-state index < -0.39 is 50.7 Å². The van der Waals surface area contributed by atoms with E-state index in [4.69, 9.17) is 5.26 Å². The number of halogens is 1. The number of nitrogens with one attached hydrogen (secondary N) is 8. The van der Waals surface area contributed by atoms with Crippen LogP contribution in [0.4, 0.5) is 96.8 Å². The van der Waals surface area contributed by atoms with Gasteiger partial charge in [0, 0.05) is 160 Å². The first-order chi connectivity index (χ1) is 58.7. The monoisotopic (exact) mass is 1760 g/mol. The number of benzene rings is 1. The quantitative estimate of drug-likeness (QED) is 0.0167. The number of nitrogens with zero attached hydrogens (tertiary/aromatic N) is 14. The summed E-state index contributed by atoms with van der Waals surface area (Å²) in [5, 5.41) is 42.0. The summed E-state index contributed by atoms with van der Waals surface area (Å²) in [7, 11) is -10.4. The lowest BCUT2D eigenvalue weighted by molar-refractivity contribution is 0.0960. The number of hydrogen-bond acceptors (Lipinski definition) is 32. The molecule has 0 atom stereocenters. The third-order valence-corrected chi connectivity index (χ3v) is 24.0. The number of Topliss-reactive ketones (excluding diaryl/α,β-unsaturated/α-hetero) is 4. The minimum Gasteiger partial charge on any atom is -0.354 e. The third-order valence-electron chi connectivity index (χ3n) is 19.5. The van der Waals surface area contributed by atoms with Gasteiger partial charge in [-0.2, -0.15) is 19.8 Å². The van der Waals surface area contributed by atoms with Crippen molar-refractivity contribution >= 4 is 155 Å². The van der Waals surface area contributed by atoms with Gasteiger partial charge in [-0.25, -0.2) is 78.5 Å². The number of pyridine rings is 9. The molecule has 11 heterocycles. The largest absolute Gasteiger partial charge is 0.354 e. The van der Waals surface area contributed by atoms with Crippen LogP contribution in [-0.2, 0) is 58.9 Å². The van der Waals surface area contributed by atoms with E-state index in [1.165, 1.54) is 85.8 Å². The van der Waals surface area contributed by atoms with Gasteiger partial charge in [0.05, 0.1) is 55.6 Å². The molecule has 0 amide bonds. The maximum atomic E-state index is 14.5. The first-order valence-corrected chi connectivity index (χ1v) is 46.4. The van der Waals surface area contributed by atoms with Gasteiger partial charge in [0.2, 0.25) is 5.95 Å². The van der Waals surface area contributed by atoms with Crippen molar-refractivity contribution in [2.24, 2.45) is 31.8 Å². The Bertz CT molecular complexity index is 6430. The van der Waals surface area contributed by atoms with E-state index in [0.717, 1.165) is 74.9 Å². The summed E-state index contributed by atoms with van der Waals surface area (Å²) >= 11 is 0. The molecule has 12 aromatic rings. The number of hydrogen-bond donors (Lipinski definition) is 8. The number of aromatic nitrogens is 13. The number of aryl methyl sites for hydroxylation is 4. The van der Waals surface area contributed by atoms with Crippen molar-refractivity contribution in [2.75, 3.05) is 67.6 Å². The van der Waals surface area contributed by atoms with Crippen molar-refractivity contribution in [2.45, 2.75) is 111 Å².